The molecule has 0 unspecified atom stereocenters. The van der Waals surface area contributed by atoms with Gasteiger partial charge in [0.05, 0.1) is 7.14 Å². The van der Waals surface area contributed by atoms with Gasteiger partial charge in [0.1, 0.15) is 5.75 Å². The molecule has 0 aliphatic rings. The van der Waals surface area contributed by atoms with Gasteiger partial charge in [0.25, 0.3) is 0 Å². The lowest BCUT2D eigenvalue weighted by Crippen LogP contribution is -1.89. The van der Waals surface area contributed by atoms with Crippen LogP contribution in [0.4, 0.5) is 0 Å². The Morgan fingerprint density at radius 2 is 1.83 bits per heavy atom. The predicted octanol–water partition coefficient (Wildman–Crippen LogP) is 3.85. The molecule has 1 aromatic rings. The monoisotopic (exact) mass is 498 g/mol. The van der Waals surface area contributed by atoms with Crippen molar-refractivity contribution in [3.8, 4) is 5.75 Å². The van der Waals surface area contributed by atoms with Crippen LogP contribution in [0, 0.1) is 10.7 Å². The number of benzene rings is 1. The molecule has 0 aliphatic carbocycles. The minimum absolute atomic E-state index is 0.353. The third kappa shape index (κ3) is 2.06. The van der Waals surface area contributed by atoms with Crippen molar-refractivity contribution in [2.45, 2.75) is 0 Å². The van der Waals surface area contributed by atoms with Crippen LogP contribution in [-0.2, 0) is 0 Å². The van der Waals surface area contributed by atoms with Crippen LogP contribution in [-0.4, -0.2) is 5.11 Å². The molecule has 0 bridgehead atoms. The zero-order valence-electron chi connectivity index (χ0n) is 5.94. The summed E-state index contributed by atoms with van der Waals surface area (Å²) in [6, 6.07) is 1.94. The minimum Gasteiger partial charge on any atom is -0.506 e. The van der Waals surface area contributed by atoms with Crippen molar-refractivity contribution in [3.05, 3.63) is 28.9 Å². The van der Waals surface area contributed by atoms with Gasteiger partial charge in [-0.2, -0.15) is 0 Å². The summed E-state index contributed by atoms with van der Waals surface area (Å²) in [6.07, 6.45) is 1.76. The molecule has 0 fully saturated rings. The topological polar surface area (TPSA) is 20.2 Å². The molecule has 0 saturated heterocycles. The summed E-state index contributed by atoms with van der Waals surface area (Å²) in [5.74, 6) is 0.353. The molecule has 1 nitrogen and oxygen atoms in total. The van der Waals surface area contributed by atoms with E-state index in [0.717, 1.165) is 16.3 Å². The van der Waals surface area contributed by atoms with E-state index in [2.05, 4.69) is 74.4 Å². The molecule has 0 atom stereocenters. The zero-order chi connectivity index (χ0) is 9.30. The highest BCUT2D eigenvalue weighted by Crippen LogP contribution is 2.32. The number of hydrogen-bond acceptors (Lipinski definition) is 1. The van der Waals surface area contributed by atoms with E-state index in [1.807, 2.05) is 6.07 Å². The van der Waals surface area contributed by atoms with Crippen molar-refractivity contribution in [1.82, 2.24) is 0 Å². The molecular formula is C8H5I3O. The molecule has 0 aromatic heterocycles. The van der Waals surface area contributed by atoms with Crippen LogP contribution < -0.4 is 0 Å². The van der Waals surface area contributed by atoms with Gasteiger partial charge >= 0.3 is 0 Å². The largest absolute Gasteiger partial charge is 0.506 e. The maximum absolute atomic E-state index is 9.58. The maximum atomic E-state index is 9.58. The number of phenolic OH excluding ortho intramolecular Hbond substituents is 1. The molecule has 1 N–H and O–H groups in total. The standard InChI is InChI=1S/C8H5I3O/c1-2-4-5(9)3-6(10)8(12)7(4)11/h2-3,12H,1H2. The SMILES string of the molecule is C=Cc1c(I)cc(I)c(O)c1I. The molecule has 12 heavy (non-hydrogen) atoms. The van der Waals surface area contributed by atoms with Crippen molar-refractivity contribution in [2.24, 2.45) is 0 Å². The van der Waals surface area contributed by atoms with E-state index < -0.39 is 0 Å². The van der Waals surface area contributed by atoms with E-state index in [4.69, 9.17) is 0 Å². The minimum atomic E-state index is 0.353. The van der Waals surface area contributed by atoms with E-state index in [0.29, 0.717) is 5.75 Å². The van der Waals surface area contributed by atoms with Gasteiger partial charge < -0.3 is 5.11 Å². The average molecular weight is 498 g/mol. The first-order chi connectivity index (χ1) is 5.57. The van der Waals surface area contributed by atoms with E-state index in [1.165, 1.54) is 0 Å². The summed E-state index contributed by atoms with van der Waals surface area (Å²) in [5, 5.41) is 9.58. The maximum Gasteiger partial charge on any atom is 0.142 e. The second-order valence-electron chi connectivity index (χ2n) is 2.12. The highest BCUT2D eigenvalue weighted by molar-refractivity contribution is 14.1. The van der Waals surface area contributed by atoms with Gasteiger partial charge in [-0.3, -0.25) is 0 Å². The van der Waals surface area contributed by atoms with E-state index in [1.54, 1.807) is 6.08 Å². The van der Waals surface area contributed by atoms with Crippen molar-refractivity contribution in [2.75, 3.05) is 0 Å². The molecule has 64 valence electrons. The van der Waals surface area contributed by atoms with Gasteiger partial charge in [0.15, 0.2) is 0 Å². The second kappa shape index (κ2) is 4.45. The fourth-order valence-electron chi connectivity index (χ4n) is 0.782. The third-order valence-electron chi connectivity index (χ3n) is 1.39. The van der Waals surface area contributed by atoms with Gasteiger partial charge in [-0.25, -0.2) is 0 Å². The fraction of sp³-hybridized carbons (Fsp3) is 0. The molecule has 4 heteroatoms. The van der Waals surface area contributed by atoms with Crippen LogP contribution in [0.15, 0.2) is 12.6 Å². The predicted molar refractivity (Wildman–Crippen MR) is 76.3 cm³/mol. The van der Waals surface area contributed by atoms with Crippen LogP contribution in [0.25, 0.3) is 6.08 Å². The number of hydrogen-bond donors (Lipinski definition) is 1. The van der Waals surface area contributed by atoms with Crippen LogP contribution in [0.2, 0.25) is 0 Å². The summed E-state index contributed by atoms with van der Waals surface area (Å²) in [7, 11) is 0. The lowest BCUT2D eigenvalue weighted by atomic mass is 10.2. The van der Waals surface area contributed by atoms with Gasteiger partial charge in [0.2, 0.25) is 0 Å². The van der Waals surface area contributed by atoms with Crippen LogP contribution in [0.1, 0.15) is 5.56 Å². The Morgan fingerprint density at radius 3 is 2.33 bits per heavy atom. The summed E-state index contributed by atoms with van der Waals surface area (Å²) in [4.78, 5) is 0. The summed E-state index contributed by atoms with van der Waals surface area (Å²) >= 11 is 6.48. The van der Waals surface area contributed by atoms with Gasteiger partial charge in [-0.05, 0) is 73.8 Å². The highest BCUT2D eigenvalue weighted by atomic mass is 127. The average Bonchev–Trinajstić information content (AvgIpc) is 2.01. The first-order valence-corrected chi connectivity index (χ1v) is 6.30. The summed E-state index contributed by atoms with van der Waals surface area (Å²) in [6.45, 7) is 3.70. The normalized spacial score (nSPS) is 9.92. The van der Waals surface area contributed by atoms with E-state index in [-0.39, 0.29) is 0 Å². The highest BCUT2D eigenvalue weighted by Gasteiger charge is 2.09. The zero-order valence-corrected chi connectivity index (χ0v) is 12.4. The Bertz CT molecular complexity index is 334. The first-order valence-electron chi connectivity index (χ1n) is 3.06. The molecule has 0 heterocycles. The van der Waals surface area contributed by atoms with E-state index in [9.17, 15) is 5.11 Å². The van der Waals surface area contributed by atoms with Crippen LogP contribution >= 0.6 is 67.8 Å². The Morgan fingerprint density at radius 1 is 1.25 bits per heavy atom. The van der Waals surface area contributed by atoms with Crippen molar-refractivity contribution < 1.29 is 5.11 Å². The molecule has 0 aliphatic heterocycles. The summed E-state index contributed by atoms with van der Waals surface area (Å²) in [5.41, 5.74) is 1.01. The molecule has 0 spiro atoms. The lowest BCUT2D eigenvalue weighted by molar-refractivity contribution is 0.467. The summed E-state index contributed by atoms with van der Waals surface area (Å²) < 4.78 is 2.88. The Hall–Kier alpha value is 0.950. The van der Waals surface area contributed by atoms with Crippen molar-refractivity contribution in [1.29, 1.82) is 0 Å². The molecular weight excluding hydrogens is 493 g/mol. The number of aromatic hydroxyl groups is 1. The van der Waals surface area contributed by atoms with Gasteiger partial charge in [0, 0.05) is 9.13 Å². The Kier molecular flexibility index (Phi) is 4.09. The van der Waals surface area contributed by atoms with Crippen molar-refractivity contribution in [3.63, 3.8) is 0 Å². The van der Waals surface area contributed by atoms with Crippen molar-refractivity contribution >= 4 is 73.8 Å². The number of phenols is 1. The molecule has 0 amide bonds. The van der Waals surface area contributed by atoms with Gasteiger partial charge in [-0.15, -0.1) is 0 Å². The Balaban J connectivity index is 3.51. The van der Waals surface area contributed by atoms with Crippen LogP contribution in [0.3, 0.4) is 0 Å². The quantitative estimate of drug-likeness (QED) is 0.585. The second-order valence-corrected chi connectivity index (χ2v) is 5.52. The fourth-order valence-corrected chi connectivity index (χ4v) is 4.59. The first kappa shape index (κ1) is 11.0. The Labute approximate surface area is 112 Å². The van der Waals surface area contributed by atoms with Crippen LogP contribution in [0.5, 0.6) is 5.75 Å². The van der Waals surface area contributed by atoms with Gasteiger partial charge in [-0.1, -0.05) is 12.7 Å². The van der Waals surface area contributed by atoms with E-state index >= 15 is 0 Å². The number of rotatable bonds is 1. The number of halogens is 3. The smallest absolute Gasteiger partial charge is 0.142 e. The molecule has 0 saturated carbocycles. The molecule has 1 rings (SSSR count). The molecule has 0 radical (unpaired) electrons. The lowest BCUT2D eigenvalue weighted by Gasteiger charge is -2.06. The molecule has 1 aromatic carbocycles. The third-order valence-corrected chi connectivity index (χ3v) is 4.19.